The van der Waals surface area contributed by atoms with Gasteiger partial charge in [0.1, 0.15) is 17.6 Å². The molecular weight excluding hydrogens is 192 g/mol. The summed E-state index contributed by atoms with van der Waals surface area (Å²) >= 11 is 0. The van der Waals surface area contributed by atoms with Crippen LogP contribution in [-0.2, 0) is 6.42 Å². The van der Waals surface area contributed by atoms with E-state index >= 15 is 0 Å². The molecule has 0 aromatic heterocycles. The predicted molar refractivity (Wildman–Crippen MR) is 56.7 cm³/mol. The number of nitriles is 1. The zero-order valence-corrected chi connectivity index (χ0v) is 8.82. The van der Waals surface area contributed by atoms with E-state index in [1.807, 2.05) is 13.0 Å². The average Bonchev–Trinajstić information content (AvgIpc) is 2.19. The van der Waals surface area contributed by atoms with Gasteiger partial charge in [0.15, 0.2) is 0 Å². The molecule has 0 aliphatic carbocycles. The van der Waals surface area contributed by atoms with Crippen molar-refractivity contribution in [2.75, 3.05) is 7.11 Å². The van der Waals surface area contributed by atoms with E-state index < -0.39 is 0 Å². The van der Waals surface area contributed by atoms with Gasteiger partial charge >= 0.3 is 0 Å². The summed E-state index contributed by atoms with van der Waals surface area (Å²) in [7, 11) is 1.46. The third-order valence-corrected chi connectivity index (χ3v) is 2.06. The summed E-state index contributed by atoms with van der Waals surface area (Å²) in [5.41, 5.74) is 6.71. The fourth-order valence-electron chi connectivity index (χ4n) is 1.38. The molecule has 4 heteroatoms. The van der Waals surface area contributed by atoms with Crippen molar-refractivity contribution in [2.45, 2.75) is 19.4 Å². The summed E-state index contributed by atoms with van der Waals surface area (Å²) in [5, 5.41) is 18.5. The summed E-state index contributed by atoms with van der Waals surface area (Å²) in [6.07, 6.45) is 0.532. The SMILES string of the molecule is COc1cc(O)c(CC(C)N)cc1C#N. The second-order valence-corrected chi connectivity index (χ2v) is 3.47. The van der Waals surface area contributed by atoms with E-state index in [0.29, 0.717) is 23.3 Å². The van der Waals surface area contributed by atoms with Gasteiger partial charge in [-0.25, -0.2) is 0 Å². The molecule has 0 saturated heterocycles. The van der Waals surface area contributed by atoms with Crippen LogP contribution in [0.1, 0.15) is 18.1 Å². The van der Waals surface area contributed by atoms with E-state index in [1.54, 1.807) is 6.07 Å². The monoisotopic (exact) mass is 206 g/mol. The topological polar surface area (TPSA) is 79.3 Å². The van der Waals surface area contributed by atoms with Crippen molar-refractivity contribution < 1.29 is 9.84 Å². The lowest BCUT2D eigenvalue weighted by molar-refractivity contribution is 0.404. The molecule has 0 radical (unpaired) electrons. The first-order valence-electron chi connectivity index (χ1n) is 4.64. The lowest BCUT2D eigenvalue weighted by Gasteiger charge is -2.10. The van der Waals surface area contributed by atoms with E-state index in [1.165, 1.54) is 13.2 Å². The van der Waals surface area contributed by atoms with Crippen LogP contribution in [0.4, 0.5) is 0 Å². The Balaban J connectivity index is 3.15. The van der Waals surface area contributed by atoms with Crippen LogP contribution in [0, 0.1) is 11.3 Å². The number of ether oxygens (including phenoxy) is 1. The summed E-state index contributed by atoms with van der Waals surface area (Å²) < 4.78 is 4.96. The maximum absolute atomic E-state index is 9.65. The van der Waals surface area contributed by atoms with Gasteiger partial charge in [-0.15, -0.1) is 0 Å². The van der Waals surface area contributed by atoms with Gasteiger partial charge in [0.25, 0.3) is 0 Å². The van der Waals surface area contributed by atoms with Gasteiger partial charge in [-0.05, 0) is 25.0 Å². The molecule has 0 heterocycles. The molecule has 0 aliphatic heterocycles. The second kappa shape index (κ2) is 4.67. The minimum atomic E-state index is -0.0594. The Bertz CT molecular complexity index is 394. The summed E-state index contributed by atoms with van der Waals surface area (Å²) in [6.45, 7) is 1.84. The average molecular weight is 206 g/mol. The number of nitrogens with zero attached hydrogens (tertiary/aromatic N) is 1. The van der Waals surface area contributed by atoms with Crippen LogP contribution in [0.5, 0.6) is 11.5 Å². The lowest BCUT2D eigenvalue weighted by atomic mass is 10.0. The van der Waals surface area contributed by atoms with Crippen LogP contribution in [0.15, 0.2) is 12.1 Å². The zero-order chi connectivity index (χ0) is 11.4. The van der Waals surface area contributed by atoms with Crippen molar-refractivity contribution in [3.8, 4) is 17.6 Å². The quantitative estimate of drug-likeness (QED) is 0.777. The highest BCUT2D eigenvalue weighted by atomic mass is 16.5. The van der Waals surface area contributed by atoms with Crippen LogP contribution in [0.2, 0.25) is 0 Å². The maximum atomic E-state index is 9.65. The minimum Gasteiger partial charge on any atom is -0.508 e. The number of benzene rings is 1. The van der Waals surface area contributed by atoms with Crippen LogP contribution < -0.4 is 10.5 Å². The normalized spacial score (nSPS) is 11.9. The number of hydrogen-bond acceptors (Lipinski definition) is 4. The molecule has 3 N–H and O–H groups in total. The first-order chi connectivity index (χ1) is 7.08. The maximum Gasteiger partial charge on any atom is 0.140 e. The molecule has 1 unspecified atom stereocenters. The molecule has 0 fully saturated rings. The van der Waals surface area contributed by atoms with Gasteiger partial charge < -0.3 is 15.6 Å². The second-order valence-electron chi connectivity index (χ2n) is 3.47. The molecule has 1 rings (SSSR count). The number of rotatable bonds is 3. The van der Waals surface area contributed by atoms with Crippen LogP contribution in [0.25, 0.3) is 0 Å². The first-order valence-corrected chi connectivity index (χ1v) is 4.64. The highest BCUT2D eigenvalue weighted by molar-refractivity contribution is 5.51. The van der Waals surface area contributed by atoms with Crippen molar-refractivity contribution in [1.82, 2.24) is 0 Å². The fraction of sp³-hybridized carbons (Fsp3) is 0.364. The van der Waals surface area contributed by atoms with Gasteiger partial charge in [-0.2, -0.15) is 5.26 Å². The Labute approximate surface area is 88.9 Å². The number of aromatic hydroxyl groups is 1. The highest BCUT2D eigenvalue weighted by Gasteiger charge is 2.10. The number of nitrogens with two attached hydrogens (primary N) is 1. The molecule has 80 valence electrons. The Morgan fingerprint density at radius 3 is 2.73 bits per heavy atom. The summed E-state index contributed by atoms with van der Waals surface area (Å²) in [5.74, 6) is 0.492. The third-order valence-electron chi connectivity index (χ3n) is 2.06. The molecule has 0 spiro atoms. The van der Waals surface area contributed by atoms with Gasteiger partial charge in [0.05, 0.1) is 12.7 Å². The zero-order valence-electron chi connectivity index (χ0n) is 8.82. The van der Waals surface area contributed by atoms with Crippen molar-refractivity contribution in [3.63, 3.8) is 0 Å². The smallest absolute Gasteiger partial charge is 0.140 e. The molecule has 1 aromatic carbocycles. The highest BCUT2D eigenvalue weighted by Crippen LogP contribution is 2.28. The Hall–Kier alpha value is -1.73. The van der Waals surface area contributed by atoms with Gasteiger partial charge in [-0.1, -0.05) is 0 Å². The van der Waals surface area contributed by atoms with Crippen LogP contribution >= 0.6 is 0 Å². The van der Waals surface area contributed by atoms with Gasteiger partial charge in [0, 0.05) is 12.1 Å². The lowest BCUT2D eigenvalue weighted by Crippen LogP contribution is -2.17. The molecule has 15 heavy (non-hydrogen) atoms. The number of hydrogen-bond donors (Lipinski definition) is 2. The van der Waals surface area contributed by atoms with Crippen LogP contribution in [0.3, 0.4) is 0 Å². The van der Waals surface area contributed by atoms with E-state index in [0.717, 1.165) is 0 Å². The first kappa shape index (κ1) is 11.3. The Kier molecular flexibility index (Phi) is 3.53. The molecule has 4 nitrogen and oxygen atoms in total. The van der Waals surface area contributed by atoms with E-state index in [2.05, 4.69) is 0 Å². The van der Waals surface area contributed by atoms with Crippen molar-refractivity contribution >= 4 is 0 Å². The van der Waals surface area contributed by atoms with E-state index in [4.69, 9.17) is 15.7 Å². The third kappa shape index (κ3) is 2.61. The molecular formula is C11H14N2O2. The molecule has 0 amide bonds. The van der Waals surface area contributed by atoms with Crippen LogP contribution in [-0.4, -0.2) is 18.3 Å². The van der Waals surface area contributed by atoms with E-state index in [9.17, 15) is 5.11 Å². The summed E-state index contributed by atoms with van der Waals surface area (Å²) in [4.78, 5) is 0. The van der Waals surface area contributed by atoms with Gasteiger partial charge in [-0.3, -0.25) is 0 Å². The van der Waals surface area contributed by atoms with Gasteiger partial charge in [0.2, 0.25) is 0 Å². The molecule has 0 saturated carbocycles. The largest absolute Gasteiger partial charge is 0.508 e. The standard InChI is InChI=1S/C11H14N2O2/c1-7(13)3-8-4-9(6-12)11(15-2)5-10(8)14/h4-5,7,14H,3,13H2,1-2H3. The Morgan fingerprint density at radius 2 is 2.27 bits per heavy atom. The molecule has 1 atom stereocenters. The number of phenols is 1. The van der Waals surface area contributed by atoms with Crippen molar-refractivity contribution in [3.05, 3.63) is 23.3 Å². The summed E-state index contributed by atoms with van der Waals surface area (Å²) in [6, 6.07) is 5.00. The fourth-order valence-corrected chi connectivity index (χ4v) is 1.38. The van der Waals surface area contributed by atoms with E-state index in [-0.39, 0.29) is 11.8 Å². The van der Waals surface area contributed by atoms with Crippen molar-refractivity contribution in [1.29, 1.82) is 5.26 Å². The minimum absolute atomic E-state index is 0.0594. The van der Waals surface area contributed by atoms with Crippen molar-refractivity contribution in [2.24, 2.45) is 5.73 Å². The number of phenolic OH excluding ortho intramolecular Hbond substituents is 1. The molecule has 1 aromatic rings. The Morgan fingerprint density at radius 1 is 1.60 bits per heavy atom. The molecule has 0 aliphatic rings. The predicted octanol–water partition coefficient (Wildman–Crippen LogP) is 1.16. The molecule has 0 bridgehead atoms. The number of methoxy groups -OCH3 is 1.